The molecular formula is C66H132. The van der Waals surface area contributed by atoms with Gasteiger partial charge >= 0.3 is 0 Å². The number of allylic oxidation sites excluding steroid dienone is 2. The Hall–Kier alpha value is -0.260. The molecule has 0 heteroatoms. The van der Waals surface area contributed by atoms with Gasteiger partial charge in [0.25, 0.3) is 0 Å². The highest BCUT2D eigenvalue weighted by molar-refractivity contribution is 5.15. The zero-order chi connectivity index (χ0) is 47.6. The van der Waals surface area contributed by atoms with Crippen LogP contribution in [0, 0.1) is 0 Å². The molecule has 0 nitrogen and oxygen atoms in total. The molecule has 0 spiro atoms. The summed E-state index contributed by atoms with van der Waals surface area (Å²) >= 11 is 0. The number of hydrogen-bond acceptors (Lipinski definition) is 0. The molecule has 0 fully saturated rings. The fourth-order valence-corrected chi connectivity index (χ4v) is 11.1. The Morgan fingerprint density at radius 3 is 0.318 bits per heavy atom. The summed E-state index contributed by atoms with van der Waals surface area (Å²) in [6, 6.07) is 0. The van der Waals surface area contributed by atoms with E-state index in [1.165, 1.54) is 385 Å². The second-order valence-electron chi connectivity index (χ2n) is 22.6. The first-order chi connectivity index (χ1) is 32.8. The minimum absolute atomic E-state index is 1.37. The van der Waals surface area contributed by atoms with Crippen LogP contribution in [0.1, 0.15) is 413 Å². The number of unbranched alkanes of at least 4 members (excludes halogenated alkanes) is 52. The summed E-state index contributed by atoms with van der Waals surface area (Å²) in [5.74, 6) is 0. The second-order valence-corrected chi connectivity index (χ2v) is 22.6. The molecule has 0 aliphatic rings. The highest BCUT2D eigenvalue weighted by atomic mass is 14.2. The third-order valence-corrected chi connectivity index (χ3v) is 15.8. The van der Waals surface area contributed by atoms with Gasteiger partial charge in [-0.25, -0.2) is 0 Å². The van der Waals surface area contributed by atoms with E-state index in [1.54, 1.807) is 0 Å². The minimum atomic E-state index is 1.37. The zero-order valence-corrected chi connectivity index (χ0v) is 47.4. The predicted octanol–water partition coefficient (Wildman–Crippen LogP) is 25.8. The van der Waals surface area contributed by atoms with E-state index in [0.29, 0.717) is 0 Å². The quantitative estimate of drug-likeness (QED) is 0.0421. The first kappa shape index (κ1) is 65.7. The Morgan fingerprint density at radius 1 is 0.121 bits per heavy atom. The SMILES string of the molecule is CCCCCCCCCCCCCCCCC(CCCCCCCCCCCCCCCC)=C(CCCCCCCCCCCCCCCC)CCCCCCCCCCCCCCCC. The third-order valence-electron chi connectivity index (χ3n) is 15.8. The first-order valence-electron chi connectivity index (χ1n) is 32.5. The van der Waals surface area contributed by atoms with E-state index in [-0.39, 0.29) is 0 Å². The Kier molecular flexibility index (Phi) is 60.6. The summed E-state index contributed by atoms with van der Waals surface area (Å²) in [4.78, 5) is 0. The lowest BCUT2D eigenvalue weighted by Crippen LogP contribution is -1.97. The molecule has 0 aromatic carbocycles. The van der Waals surface area contributed by atoms with E-state index in [2.05, 4.69) is 27.7 Å². The maximum atomic E-state index is 2.33. The molecule has 0 N–H and O–H groups in total. The second kappa shape index (κ2) is 60.9. The average Bonchev–Trinajstić information content (AvgIpc) is 3.33. The molecule has 396 valence electrons. The molecule has 0 aliphatic heterocycles. The van der Waals surface area contributed by atoms with Crippen molar-refractivity contribution >= 4 is 0 Å². The lowest BCUT2D eigenvalue weighted by atomic mass is 9.89. The normalized spacial score (nSPS) is 11.6. The van der Waals surface area contributed by atoms with Gasteiger partial charge in [-0.2, -0.15) is 0 Å². The van der Waals surface area contributed by atoms with Gasteiger partial charge in [-0.1, -0.05) is 373 Å². The summed E-state index contributed by atoms with van der Waals surface area (Å²) in [6.07, 6.45) is 88.1. The van der Waals surface area contributed by atoms with Crippen LogP contribution in [0.5, 0.6) is 0 Å². The van der Waals surface area contributed by atoms with Crippen LogP contribution in [0.25, 0.3) is 0 Å². The number of rotatable bonds is 60. The molecule has 0 heterocycles. The van der Waals surface area contributed by atoms with E-state index in [4.69, 9.17) is 0 Å². The van der Waals surface area contributed by atoms with Gasteiger partial charge in [0, 0.05) is 0 Å². The van der Waals surface area contributed by atoms with E-state index in [0.717, 1.165) is 0 Å². The highest BCUT2D eigenvalue weighted by Gasteiger charge is 2.09. The molecular weight excluding hydrogens is 793 g/mol. The van der Waals surface area contributed by atoms with Crippen molar-refractivity contribution in [1.29, 1.82) is 0 Å². The predicted molar refractivity (Wildman–Crippen MR) is 307 cm³/mol. The summed E-state index contributed by atoms with van der Waals surface area (Å²) < 4.78 is 0. The van der Waals surface area contributed by atoms with Gasteiger partial charge in [0.2, 0.25) is 0 Å². The molecule has 0 aromatic heterocycles. The maximum Gasteiger partial charge on any atom is -0.0318 e. The summed E-state index contributed by atoms with van der Waals surface area (Å²) in [5.41, 5.74) is 3.94. The van der Waals surface area contributed by atoms with Crippen LogP contribution in [-0.4, -0.2) is 0 Å². The molecule has 0 aliphatic carbocycles. The van der Waals surface area contributed by atoms with Gasteiger partial charge in [-0.15, -0.1) is 0 Å². The smallest absolute Gasteiger partial charge is 0.0318 e. The Labute approximate surface area is 422 Å². The highest BCUT2D eigenvalue weighted by Crippen LogP contribution is 2.29. The summed E-state index contributed by atoms with van der Waals surface area (Å²) in [5, 5.41) is 0. The molecule has 0 bridgehead atoms. The molecule has 0 unspecified atom stereocenters. The van der Waals surface area contributed by atoms with Gasteiger partial charge in [0.15, 0.2) is 0 Å². The van der Waals surface area contributed by atoms with Crippen molar-refractivity contribution < 1.29 is 0 Å². The molecule has 0 radical (unpaired) electrons. The van der Waals surface area contributed by atoms with E-state index < -0.39 is 0 Å². The van der Waals surface area contributed by atoms with E-state index >= 15 is 0 Å². The Balaban J connectivity index is 4.99. The molecule has 0 rings (SSSR count). The number of hydrogen-bond donors (Lipinski definition) is 0. The van der Waals surface area contributed by atoms with Crippen molar-refractivity contribution in [2.24, 2.45) is 0 Å². The van der Waals surface area contributed by atoms with Gasteiger partial charge in [-0.3, -0.25) is 0 Å². The van der Waals surface area contributed by atoms with E-state index in [9.17, 15) is 0 Å². The molecule has 0 amide bonds. The largest absolute Gasteiger partial charge is 0.0710 e. The van der Waals surface area contributed by atoms with Gasteiger partial charge in [-0.05, 0) is 51.4 Å². The molecule has 0 atom stereocenters. The van der Waals surface area contributed by atoms with Crippen molar-refractivity contribution in [1.82, 2.24) is 0 Å². The fraction of sp³-hybridized carbons (Fsp3) is 0.970. The lowest BCUT2D eigenvalue weighted by Gasteiger charge is -2.17. The van der Waals surface area contributed by atoms with Crippen molar-refractivity contribution in [2.45, 2.75) is 413 Å². The van der Waals surface area contributed by atoms with Crippen molar-refractivity contribution in [3.63, 3.8) is 0 Å². The maximum absolute atomic E-state index is 2.33. The summed E-state index contributed by atoms with van der Waals surface area (Å²) in [6.45, 7) is 9.33. The van der Waals surface area contributed by atoms with Crippen LogP contribution in [0.4, 0.5) is 0 Å². The summed E-state index contributed by atoms with van der Waals surface area (Å²) in [7, 11) is 0. The molecule has 0 saturated heterocycles. The minimum Gasteiger partial charge on any atom is -0.0710 e. The van der Waals surface area contributed by atoms with Crippen molar-refractivity contribution in [3.05, 3.63) is 11.1 Å². The van der Waals surface area contributed by atoms with Crippen molar-refractivity contribution in [3.8, 4) is 0 Å². The van der Waals surface area contributed by atoms with Crippen molar-refractivity contribution in [2.75, 3.05) is 0 Å². The van der Waals surface area contributed by atoms with E-state index in [1.807, 2.05) is 11.1 Å². The standard InChI is InChI=1S/C66H132/c1-5-9-13-17-21-25-29-33-37-41-45-49-53-57-61-65(62-58-54-50-46-42-38-34-30-26-22-18-14-10-6-2)66(63-59-55-51-47-43-39-35-31-27-23-19-15-11-7-3)64-60-56-52-48-44-40-36-32-28-24-20-16-12-8-4/h5-64H2,1-4H3. The van der Waals surface area contributed by atoms with Crippen LogP contribution in [0.15, 0.2) is 11.1 Å². The van der Waals surface area contributed by atoms with Gasteiger partial charge < -0.3 is 0 Å². The molecule has 66 heavy (non-hydrogen) atoms. The Bertz CT molecular complexity index is 727. The Morgan fingerprint density at radius 2 is 0.212 bits per heavy atom. The topological polar surface area (TPSA) is 0 Å². The monoisotopic (exact) mass is 925 g/mol. The van der Waals surface area contributed by atoms with Gasteiger partial charge in [0.1, 0.15) is 0 Å². The average molecular weight is 926 g/mol. The molecule has 0 saturated carbocycles. The fourth-order valence-electron chi connectivity index (χ4n) is 11.1. The third kappa shape index (κ3) is 54.7. The zero-order valence-electron chi connectivity index (χ0n) is 47.4. The van der Waals surface area contributed by atoms with Crippen LogP contribution in [0.2, 0.25) is 0 Å². The lowest BCUT2D eigenvalue weighted by molar-refractivity contribution is 0.524. The van der Waals surface area contributed by atoms with Crippen LogP contribution in [0.3, 0.4) is 0 Å². The van der Waals surface area contributed by atoms with Crippen LogP contribution in [-0.2, 0) is 0 Å². The van der Waals surface area contributed by atoms with Crippen LogP contribution >= 0.6 is 0 Å². The molecule has 0 aromatic rings. The first-order valence-corrected chi connectivity index (χ1v) is 32.5. The van der Waals surface area contributed by atoms with Gasteiger partial charge in [0.05, 0.1) is 0 Å². The van der Waals surface area contributed by atoms with Crippen LogP contribution < -0.4 is 0 Å².